The highest BCUT2D eigenvalue weighted by Gasteiger charge is 2.38. The molecule has 2 nitrogen and oxygen atoms in total. The smallest absolute Gasteiger partial charge is 0.0309 e. The molecule has 1 atom stereocenters. The summed E-state index contributed by atoms with van der Waals surface area (Å²) in [6.45, 7) is 8.52. The fourth-order valence-corrected chi connectivity index (χ4v) is 3.80. The van der Waals surface area contributed by atoms with Crippen molar-refractivity contribution in [3.63, 3.8) is 0 Å². The predicted molar refractivity (Wildman–Crippen MR) is 79.0 cm³/mol. The molecule has 2 fully saturated rings. The average Bonchev–Trinajstić information content (AvgIpc) is 2.82. The summed E-state index contributed by atoms with van der Waals surface area (Å²) >= 11 is 0. The van der Waals surface area contributed by atoms with Crippen LogP contribution in [0.2, 0.25) is 0 Å². The van der Waals surface area contributed by atoms with E-state index in [1.54, 1.807) is 0 Å². The average molecular weight is 252 g/mol. The summed E-state index contributed by atoms with van der Waals surface area (Å²) in [6, 6.07) is 0.793. The summed E-state index contributed by atoms with van der Waals surface area (Å²) in [5.74, 6) is 0. The first-order valence-corrected chi connectivity index (χ1v) is 8.25. The van der Waals surface area contributed by atoms with Gasteiger partial charge in [-0.25, -0.2) is 0 Å². The molecule has 1 unspecified atom stereocenters. The number of hydrogen-bond acceptors (Lipinski definition) is 2. The molecule has 2 rings (SSSR count). The lowest BCUT2D eigenvalue weighted by Gasteiger charge is -2.44. The number of hydrogen-bond donors (Lipinski definition) is 1. The summed E-state index contributed by atoms with van der Waals surface area (Å²) in [5, 5.41) is 3.81. The molecule has 1 saturated carbocycles. The van der Waals surface area contributed by atoms with Crippen molar-refractivity contribution in [1.82, 2.24) is 10.2 Å². The second-order valence-electron chi connectivity index (χ2n) is 6.58. The zero-order valence-electron chi connectivity index (χ0n) is 12.5. The minimum atomic E-state index is 0.496. The zero-order valence-corrected chi connectivity index (χ0v) is 12.5. The SMILES string of the molecule is CCCCCCC(C)N1CCNC2(CCCC2)C1. The van der Waals surface area contributed by atoms with Crippen LogP contribution in [0.25, 0.3) is 0 Å². The van der Waals surface area contributed by atoms with Gasteiger partial charge in [-0.3, -0.25) is 4.90 Å². The van der Waals surface area contributed by atoms with Crippen LogP contribution in [-0.4, -0.2) is 36.1 Å². The molecule has 1 spiro atoms. The van der Waals surface area contributed by atoms with Gasteiger partial charge in [0.15, 0.2) is 0 Å². The topological polar surface area (TPSA) is 15.3 Å². The Hall–Kier alpha value is -0.0800. The quantitative estimate of drug-likeness (QED) is 0.727. The molecule has 0 aromatic rings. The Kier molecular flexibility index (Phi) is 5.50. The van der Waals surface area contributed by atoms with Gasteiger partial charge in [-0.15, -0.1) is 0 Å². The fraction of sp³-hybridized carbons (Fsp3) is 1.00. The monoisotopic (exact) mass is 252 g/mol. The van der Waals surface area contributed by atoms with Gasteiger partial charge in [-0.1, -0.05) is 45.4 Å². The number of rotatable bonds is 6. The highest BCUT2D eigenvalue weighted by molar-refractivity contribution is 4.98. The third kappa shape index (κ3) is 3.71. The van der Waals surface area contributed by atoms with Gasteiger partial charge in [0.2, 0.25) is 0 Å². The van der Waals surface area contributed by atoms with E-state index in [2.05, 4.69) is 24.1 Å². The molecule has 1 aliphatic heterocycles. The normalized spacial score (nSPS) is 25.7. The van der Waals surface area contributed by atoms with E-state index >= 15 is 0 Å². The third-order valence-corrected chi connectivity index (χ3v) is 5.06. The third-order valence-electron chi connectivity index (χ3n) is 5.06. The first kappa shape index (κ1) is 14.3. The van der Waals surface area contributed by atoms with E-state index in [4.69, 9.17) is 0 Å². The molecule has 1 heterocycles. The van der Waals surface area contributed by atoms with E-state index in [0.29, 0.717) is 5.54 Å². The van der Waals surface area contributed by atoms with Gasteiger partial charge in [0.05, 0.1) is 0 Å². The van der Waals surface area contributed by atoms with Gasteiger partial charge in [0.1, 0.15) is 0 Å². The predicted octanol–water partition coefficient (Wildman–Crippen LogP) is 3.56. The van der Waals surface area contributed by atoms with Crippen molar-refractivity contribution >= 4 is 0 Å². The number of nitrogens with zero attached hydrogens (tertiary/aromatic N) is 1. The number of nitrogens with one attached hydrogen (secondary N) is 1. The van der Waals surface area contributed by atoms with Gasteiger partial charge in [-0.05, 0) is 26.2 Å². The van der Waals surface area contributed by atoms with E-state index in [1.165, 1.54) is 77.4 Å². The number of unbranched alkanes of at least 4 members (excludes halogenated alkanes) is 3. The van der Waals surface area contributed by atoms with Gasteiger partial charge < -0.3 is 5.32 Å². The van der Waals surface area contributed by atoms with Crippen molar-refractivity contribution in [3.05, 3.63) is 0 Å². The molecule has 0 bridgehead atoms. The summed E-state index contributed by atoms with van der Waals surface area (Å²) in [6.07, 6.45) is 12.7. The second kappa shape index (κ2) is 6.91. The molecule has 1 N–H and O–H groups in total. The molecule has 1 aliphatic carbocycles. The molecule has 0 aromatic carbocycles. The zero-order chi connectivity index (χ0) is 12.8. The van der Waals surface area contributed by atoms with Gasteiger partial charge in [-0.2, -0.15) is 0 Å². The van der Waals surface area contributed by atoms with E-state index in [9.17, 15) is 0 Å². The standard InChI is InChI=1S/C16H32N2/c1-3-4-5-6-9-15(2)18-13-12-17-16(14-18)10-7-8-11-16/h15,17H,3-14H2,1-2H3. The van der Waals surface area contributed by atoms with Crippen molar-refractivity contribution in [2.24, 2.45) is 0 Å². The van der Waals surface area contributed by atoms with Crippen molar-refractivity contribution in [3.8, 4) is 0 Å². The molecule has 0 amide bonds. The van der Waals surface area contributed by atoms with Crippen LogP contribution in [0.1, 0.15) is 71.6 Å². The summed E-state index contributed by atoms with van der Waals surface area (Å²) in [4.78, 5) is 2.76. The fourth-order valence-electron chi connectivity index (χ4n) is 3.80. The molecule has 106 valence electrons. The minimum Gasteiger partial charge on any atom is -0.309 e. The Balaban J connectivity index is 1.74. The highest BCUT2D eigenvalue weighted by atomic mass is 15.2. The Morgan fingerprint density at radius 3 is 2.67 bits per heavy atom. The van der Waals surface area contributed by atoms with Crippen molar-refractivity contribution in [1.29, 1.82) is 0 Å². The summed E-state index contributed by atoms with van der Waals surface area (Å²) in [7, 11) is 0. The van der Waals surface area contributed by atoms with E-state index < -0.39 is 0 Å². The van der Waals surface area contributed by atoms with Crippen molar-refractivity contribution < 1.29 is 0 Å². The second-order valence-corrected chi connectivity index (χ2v) is 6.58. The van der Waals surface area contributed by atoms with Crippen LogP contribution in [0.5, 0.6) is 0 Å². The first-order chi connectivity index (χ1) is 8.76. The maximum Gasteiger partial charge on any atom is 0.0309 e. The maximum absolute atomic E-state index is 3.81. The van der Waals surface area contributed by atoms with Crippen LogP contribution < -0.4 is 5.32 Å². The van der Waals surface area contributed by atoms with Crippen molar-refractivity contribution in [2.75, 3.05) is 19.6 Å². The van der Waals surface area contributed by atoms with E-state index in [1.807, 2.05) is 0 Å². The van der Waals surface area contributed by atoms with Gasteiger partial charge in [0, 0.05) is 31.2 Å². The lowest BCUT2D eigenvalue weighted by molar-refractivity contribution is 0.0956. The highest BCUT2D eigenvalue weighted by Crippen LogP contribution is 2.32. The van der Waals surface area contributed by atoms with Gasteiger partial charge in [0.25, 0.3) is 0 Å². The molecular weight excluding hydrogens is 220 g/mol. The molecule has 1 saturated heterocycles. The Labute approximate surface area is 114 Å². The lowest BCUT2D eigenvalue weighted by Crippen LogP contribution is -2.60. The van der Waals surface area contributed by atoms with Gasteiger partial charge >= 0.3 is 0 Å². The van der Waals surface area contributed by atoms with E-state index in [-0.39, 0.29) is 0 Å². The first-order valence-electron chi connectivity index (χ1n) is 8.25. The van der Waals surface area contributed by atoms with Crippen molar-refractivity contribution in [2.45, 2.75) is 83.2 Å². The van der Waals surface area contributed by atoms with Crippen LogP contribution in [0.15, 0.2) is 0 Å². The maximum atomic E-state index is 3.81. The lowest BCUT2D eigenvalue weighted by atomic mass is 9.93. The molecular formula is C16H32N2. The number of piperazine rings is 1. The largest absolute Gasteiger partial charge is 0.309 e. The molecule has 18 heavy (non-hydrogen) atoms. The Bertz CT molecular complexity index is 233. The molecule has 0 aromatic heterocycles. The van der Waals surface area contributed by atoms with Crippen LogP contribution in [0.4, 0.5) is 0 Å². The van der Waals surface area contributed by atoms with E-state index in [0.717, 1.165) is 6.04 Å². The van der Waals surface area contributed by atoms with Crippen LogP contribution in [0.3, 0.4) is 0 Å². The Morgan fingerprint density at radius 1 is 1.17 bits per heavy atom. The van der Waals surface area contributed by atoms with Crippen LogP contribution in [-0.2, 0) is 0 Å². The molecule has 2 aliphatic rings. The molecule has 0 radical (unpaired) electrons. The minimum absolute atomic E-state index is 0.496. The summed E-state index contributed by atoms with van der Waals surface area (Å²) in [5.41, 5.74) is 0.496. The van der Waals surface area contributed by atoms with Crippen LogP contribution >= 0.6 is 0 Å². The molecule has 2 heteroatoms. The van der Waals surface area contributed by atoms with Crippen LogP contribution in [0, 0.1) is 0 Å². The Morgan fingerprint density at radius 2 is 1.94 bits per heavy atom. The summed E-state index contributed by atoms with van der Waals surface area (Å²) < 4.78 is 0.